The Morgan fingerprint density at radius 2 is 2.00 bits per heavy atom. The van der Waals surface area contributed by atoms with E-state index in [1.54, 1.807) is 0 Å². The van der Waals surface area contributed by atoms with E-state index in [0.29, 0.717) is 0 Å². The van der Waals surface area contributed by atoms with Crippen molar-refractivity contribution in [2.24, 2.45) is 0 Å². The Morgan fingerprint density at radius 1 is 1.25 bits per heavy atom. The molecule has 101 valence electrons. The quantitative estimate of drug-likeness (QED) is 0.286. The fraction of sp³-hybridized carbons (Fsp3) is 0.133. The molecule has 2 aromatic rings. The number of fused-ring (bicyclic) bond motifs is 3. The maximum atomic E-state index is 6.61. The van der Waals surface area contributed by atoms with Gasteiger partial charge in [-0.2, -0.15) is 11.1 Å². The molecule has 0 aromatic heterocycles. The molecule has 1 unspecified atom stereocenters. The van der Waals surface area contributed by atoms with Crippen LogP contribution in [0.4, 0.5) is 0 Å². The summed E-state index contributed by atoms with van der Waals surface area (Å²) in [7, 11) is -1.64. The van der Waals surface area contributed by atoms with Crippen LogP contribution in [0.3, 0.4) is 0 Å². The Morgan fingerprint density at radius 3 is 2.65 bits per heavy atom. The van der Waals surface area contributed by atoms with Crippen LogP contribution >= 0.6 is 11.1 Å². The molecule has 0 saturated carbocycles. The molecule has 20 heavy (non-hydrogen) atoms. The van der Waals surface area contributed by atoms with Gasteiger partial charge in [0.1, 0.15) is 7.38 Å². The number of hydrogen-bond acceptors (Lipinski definition) is 0. The fourth-order valence-electron chi connectivity index (χ4n) is 2.99. The molecule has 1 aliphatic carbocycles. The first-order valence-electron chi connectivity index (χ1n) is 5.98. The molecule has 0 spiro atoms. The van der Waals surface area contributed by atoms with Crippen molar-refractivity contribution in [3.05, 3.63) is 48.1 Å². The maximum Gasteiger partial charge on any atom is 3.00 e. The Balaban J connectivity index is 0.000000667. The van der Waals surface area contributed by atoms with Crippen LogP contribution in [0.1, 0.15) is 12.0 Å². The number of halogens is 3. The molecule has 2 aliphatic rings. The van der Waals surface area contributed by atoms with Crippen molar-refractivity contribution in [3.63, 3.8) is 0 Å². The van der Waals surface area contributed by atoms with Crippen molar-refractivity contribution in [2.45, 2.75) is 13.0 Å². The molecule has 0 N–H and O–H groups in total. The van der Waals surface area contributed by atoms with Gasteiger partial charge in [0, 0.05) is 0 Å². The molecule has 0 amide bonds. The molecule has 0 saturated heterocycles. The average Bonchev–Trinajstić information content (AvgIpc) is 2.82. The van der Waals surface area contributed by atoms with Crippen LogP contribution < -0.4 is 35.2 Å². The SMILES string of the molecule is C[Si]1(Cl)c2[cH-]c3cccc(C4=CC=CC4)c3c21.[Cl-].[Cl-].[Ti+3]. The van der Waals surface area contributed by atoms with Gasteiger partial charge in [0.2, 0.25) is 0 Å². The van der Waals surface area contributed by atoms with Gasteiger partial charge in [-0.05, 0) is 12.0 Å². The summed E-state index contributed by atoms with van der Waals surface area (Å²) in [5.41, 5.74) is 2.82. The largest absolute Gasteiger partial charge is 3.00 e. The van der Waals surface area contributed by atoms with E-state index in [-0.39, 0.29) is 46.5 Å². The molecule has 0 fully saturated rings. The normalized spacial score (nSPS) is 21.4. The van der Waals surface area contributed by atoms with Gasteiger partial charge in [-0.15, -0.1) is 39.3 Å². The molecule has 0 bridgehead atoms. The van der Waals surface area contributed by atoms with Crippen LogP contribution in [-0.2, 0) is 21.7 Å². The first-order valence-corrected chi connectivity index (χ1v) is 9.49. The molecular weight excluding hydrogens is 362 g/mol. The minimum atomic E-state index is -1.64. The fourth-order valence-corrected chi connectivity index (χ4v) is 6.81. The summed E-state index contributed by atoms with van der Waals surface area (Å²) in [6, 6.07) is 8.90. The number of rotatable bonds is 1. The van der Waals surface area contributed by atoms with E-state index >= 15 is 0 Å². The number of allylic oxidation sites excluding steroid dienone is 4. The number of benzene rings is 1. The van der Waals surface area contributed by atoms with Crippen molar-refractivity contribution < 1.29 is 46.5 Å². The molecule has 2 aromatic carbocycles. The monoisotopic (exact) mass is 373 g/mol. The molecule has 5 heteroatoms. The minimum Gasteiger partial charge on any atom is -1.00 e. The van der Waals surface area contributed by atoms with Crippen molar-refractivity contribution >= 4 is 45.2 Å². The Hall–Kier alpha value is 0.111. The zero-order chi connectivity index (χ0) is 11.6. The second-order valence-corrected chi connectivity index (χ2v) is 10.3. The molecule has 1 heterocycles. The van der Waals surface area contributed by atoms with E-state index in [0.717, 1.165) is 6.42 Å². The maximum absolute atomic E-state index is 6.61. The van der Waals surface area contributed by atoms with E-state index < -0.39 is 7.38 Å². The third kappa shape index (κ3) is 2.39. The molecular formula is C15H12Cl3SiTi. The van der Waals surface area contributed by atoms with Crippen LogP contribution in [0.25, 0.3) is 16.3 Å². The van der Waals surface area contributed by atoms with Gasteiger partial charge in [-0.25, -0.2) is 0 Å². The minimum absolute atomic E-state index is 0. The summed E-state index contributed by atoms with van der Waals surface area (Å²) in [5.74, 6) is 0. The Bertz CT molecular complexity index is 713. The molecule has 0 nitrogen and oxygen atoms in total. The summed E-state index contributed by atoms with van der Waals surface area (Å²) in [6.45, 7) is 2.23. The van der Waals surface area contributed by atoms with Crippen molar-refractivity contribution in [1.29, 1.82) is 0 Å². The predicted molar refractivity (Wildman–Crippen MR) is 78.0 cm³/mol. The predicted octanol–water partition coefficient (Wildman–Crippen LogP) is -2.85. The van der Waals surface area contributed by atoms with Gasteiger partial charge < -0.3 is 24.8 Å². The van der Waals surface area contributed by atoms with Gasteiger partial charge in [0.05, 0.1) is 0 Å². The zero-order valence-corrected chi connectivity index (χ0v) is 15.7. The standard InChI is InChI=1S/C15H12ClSi.2ClH.Ti/c1-17(16)13-9-11-7-4-8-12(14(11)15(13)17)10-5-2-3-6-10;;;/h2-5,7-9H,6H2,1H3;2*1H;/q-1;;;+3/p-2. The van der Waals surface area contributed by atoms with Gasteiger partial charge in [0.25, 0.3) is 0 Å². The van der Waals surface area contributed by atoms with Crippen LogP contribution in [0.2, 0.25) is 6.55 Å². The third-order valence-corrected chi connectivity index (χ3v) is 7.74. The zero-order valence-electron chi connectivity index (χ0n) is 10.9. The first-order chi connectivity index (χ1) is 8.19. The summed E-state index contributed by atoms with van der Waals surface area (Å²) in [6.07, 6.45) is 7.64. The smallest absolute Gasteiger partial charge is 1.00 e. The number of hydrogen-bond donors (Lipinski definition) is 0. The Labute approximate surface area is 152 Å². The van der Waals surface area contributed by atoms with Crippen LogP contribution in [0.5, 0.6) is 0 Å². The third-order valence-electron chi connectivity index (χ3n) is 3.95. The van der Waals surface area contributed by atoms with Crippen LogP contribution in [0.15, 0.2) is 42.5 Å². The summed E-state index contributed by atoms with van der Waals surface area (Å²) < 4.78 is 0. The van der Waals surface area contributed by atoms with Gasteiger partial charge in [-0.1, -0.05) is 36.4 Å². The summed E-state index contributed by atoms with van der Waals surface area (Å²) in [5, 5.41) is 5.73. The van der Waals surface area contributed by atoms with E-state index in [2.05, 4.69) is 49.0 Å². The molecule has 1 radical (unpaired) electrons. The average molecular weight is 375 g/mol. The van der Waals surface area contributed by atoms with Crippen LogP contribution in [0, 0.1) is 0 Å². The first kappa shape index (κ1) is 18.2. The molecule has 1 aliphatic heterocycles. The van der Waals surface area contributed by atoms with E-state index in [9.17, 15) is 0 Å². The Kier molecular flexibility index (Phi) is 5.52. The summed E-state index contributed by atoms with van der Waals surface area (Å²) >= 11 is 6.61. The molecule has 4 rings (SSSR count). The molecule has 1 atom stereocenters. The van der Waals surface area contributed by atoms with Crippen LogP contribution in [-0.4, -0.2) is 7.38 Å². The second kappa shape index (κ2) is 6.08. The van der Waals surface area contributed by atoms with Gasteiger partial charge in [0.15, 0.2) is 0 Å². The van der Waals surface area contributed by atoms with E-state index in [1.165, 1.54) is 32.3 Å². The van der Waals surface area contributed by atoms with E-state index in [4.69, 9.17) is 11.1 Å². The van der Waals surface area contributed by atoms with Crippen molar-refractivity contribution in [3.8, 4) is 0 Å². The topological polar surface area (TPSA) is 0 Å². The van der Waals surface area contributed by atoms with Gasteiger partial charge in [-0.3, -0.25) is 0 Å². The van der Waals surface area contributed by atoms with E-state index in [1.807, 2.05) is 0 Å². The van der Waals surface area contributed by atoms with Crippen molar-refractivity contribution in [1.82, 2.24) is 0 Å². The summed E-state index contributed by atoms with van der Waals surface area (Å²) in [4.78, 5) is 0. The van der Waals surface area contributed by atoms with Crippen molar-refractivity contribution in [2.75, 3.05) is 0 Å². The van der Waals surface area contributed by atoms with Gasteiger partial charge >= 0.3 is 21.7 Å². The second-order valence-electron chi connectivity index (χ2n) is 5.03.